The highest BCUT2D eigenvalue weighted by Crippen LogP contribution is 2.24. The van der Waals surface area contributed by atoms with Crippen LogP contribution in [0.3, 0.4) is 0 Å². The Balaban J connectivity index is 2.33. The van der Waals surface area contributed by atoms with E-state index >= 15 is 0 Å². The number of aryl methyl sites for hydroxylation is 1. The predicted molar refractivity (Wildman–Crippen MR) is 55.6 cm³/mol. The predicted octanol–water partition coefficient (Wildman–Crippen LogP) is 1.35. The summed E-state index contributed by atoms with van der Waals surface area (Å²) in [7, 11) is 2.06. The molecule has 0 amide bonds. The minimum Gasteiger partial charge on any atom is -0.359 e. The Labute approximate surface area is 83.9 Å². The van der Waals surface area contributed by atoms with Gasteiger partial charge in [-0.25, -0.2) is 9.97 Å². The zero-order chi connectivity index (χ0) is 10.1. The lowest BCUT2D eigenvalue weighted by molar-refractivity contribution is 0.382. The van der Waals surface area contributed by atoms with Gasteiger partial charge in [-0.3, -0.25) is 0 Å². The number of aromatic nitrogens is 2. The molecule has 2 heterocycles. The second kappa shape index (κ2) is 3.29. The van der Waals surface area contributed by atoms with E-state index < -0.39 is 0 Å². The SMILES string of the molecule is Cc1ncncc1N1C=CN(C)C1C. The smallest absolute Gasteiger partial charge is 0.115 e. The summed E-state index contributed by atoms with van der Waals surface area (Å²) in [4.78, 5) is 12.5. The Morgan fingerprint density at radius 2 is 2.14 bits per heavy atom. The van der Waals surface area contributed by atoms with Crippen LogP contribution in [0.2, 0.25) is 0 Å². The Morgan fingerprint density at radius 3 is 2.71 bits per heavy atom. The molecule has 1 aliphatic rings. The lowest BCUT2D eigenvalue weighted by Crippen LogP contribution is -2.33. The second-order valence-corrected chi connectivity index (χ2v) is 3.50. The van der Waals surface area contributed by atoms with Gasteiger partial charge in [-0.1, -0.05) is 0 Å². The van der Waals surface area contributed by atoms with Gasteiger partial charge in [0.05, 0.1) is 17.6 Å². The number of rotatable bonds is 1. The van der Waals surface area contributed by atoms with Crippen molar-refractivity contribution in [1.29, 1.82) is 0 Å². The van der Waals surface area contributed by atoms with Crippen molar-refractivity contribution in [3.8, 4) is 0 Å². The maximum absolute atomic E-state index is 4.18. The van der Waals surface area contributed by atoms with Crippen molar-refractivity contribution in [2.24, 2.45) is 0 Å². The zero-order valence-corrected chi connectivity index (χ0v) is 8.68. The molecule has 0 saturated carbocycles. The monoisotopic (exact) mass is 190 g/mol. The summed E-state index contributed by atoms with van der Waals surface area (Å²) in [5.41, 5.74) is 2.08. The van der Waals surface area contributed by atoms with Gasteiger partial charge in [0.15, 0.2) is 0 Å². The molecule has 14 heavy (non-hydrogen) atoms. The van der Waals surface area contributed by atoms with E-state index in [9.17, 15) is 0 Å². The van der Waals surface area contributed by atoms with Crippen molar-refractivity contribution in [2.75, 3.05) is 11.9 Å². The first-order valence-electron chi connectivity index (χ1n) is 4.65. The van der Waals surface area contributed by atoms with E-state index in [0.29, 0.717) is 6.17 Å². The molecule has 0 saturated heterocycles. The van der Waals surface area contributed by atoms with Crippen molar-refractivity contribution in [1.82, 2.24) is 14.9 Å². The van der Waals surface area contributed by atoms with Gasteiger partial charge >= 0.3 is 0 Å². The number of anilines is 1. The first-order valence-corrected chi connectivity index (χ1v) is 4.65. The van der Waals surface area contributed by atoms with Gasteiger partial charge in [-0.15, -0.1) is 0 Å². The van der Waals surface area contributed by atoms with E-state index in [2.05, 4.69) is 46.1 Å². The Bertz CT molecular complexity index is 361. The van der Waals surface area contributed by atoms with Crippen LogP contribution in [-0.2, 0) is 0 Å². The van der Waals surface area contributed by atoms with Crippen molar-refractivity contribution in [3.63, 3.8) is 0 Å². The highest BCUT2D eigenvalue weighted by atomic mass is 15.4. The third kappa shape index (κ3) is 1.32. The number of hydrogen-bond donors (Lipinski definition) is 0. The lowest BCUT2D eigenvalue weighted by atomic mass is 10.3. The molecule has 0 spiro atoms. The Hall–Kier alpha value is -1.58. The standard InChI is InChI=1S/C10H14N4/c1-8-10(6-11-7-12-8)14-5-4-13(3)9(14)2/h4-7,9H,1-3H3. The third-order valence-electron chi connectivity index (χ3n) is 2.62. The van der Waals surface area contributed by atoms with Gasteiger partial charge in [0.2, 0.25) is 0 Å². The molecule has 0 radical (unpaired) electrons. The summed E-state index contributed by atoms with van der Waals surface area (Å²) < 4.78 is 0. The minimum atomic E-state index is 0.333. The van der Waals surface area contributed by atoms with Gasteiger partial charge < -0.3 is 9.80 Å². The quantitative estimate of drug-likeness (QED) is 0.669. The van der Waals surface area contributed by atoms with Crippen LogP contribution in [0.15, 0.2) is 24.9 Å². The van der Waals surface area contributed by atoms with Gasteiger partial charge in [-0.2, -0.15) is 0 Å². The summed E-state index contributed by atoms with van der Waals surface area (Å²) in [6.07, 6.45) is 7.86. The van der Waals surface area contributed by atoms with Crippen molar-refractivity contribution >= 4 is 5.69 Å². The molecule has 0 bridgehead atoms. The van der Waals surface area contributed by atoms with E-state index in [0.717, 1.165) is 11.4 Å². The summed E-state index contributed by atoms with van der Waals surface area (Å²) in [6.45, 7) is 4.14. The van der Waals surface area contributed by atoms with Crippen LogP contribution in [-0.4, -0.2) is 28.1 Å². The summed E-state index contributed by atoms with van der Waals surface area (Å²) >= 11 is 0. The van der Waals surface area contributed by atoms with Gasteiger partial charge in [0.25, 0.3) is 0 Å². The summed E-state index contributed by atoms with van der Waals surface area (Å²) in [6, 6.07) is 0. The van der Waals surface area contributed by atoms with Crippen LogP contribution in [0.4, 0.5) is 5.69 Å². The van der Waals surface area contributed by atoms with Crippen LogP contribution >= 0.6 is 0 Å². The van der Waals surface area contributed by atoms with Crippen molar-refractivity contribution < 1.29 is 0 Å². The minimum absolute atomic E-state index is 0.333. The van der Waals surface area contributed by atoms with E-state index in [1.54, 1.807) is 6.33 Å². The summed E-state index contributed by atoms with van der Waals surface area (Å²) in [5.74, 6) is 0. The number of hydrogen-bond acceptors (Lipinski definition) is 4. The van der Waals surface area contributed by atoms with Crippen molar-refractivity contribution in [2.45, 2.75) is 20.0 Å². The van der Waals surface area contributed by atoms with Crippen LogP contribution in [0.25, 0.3) is 0 Å². The van der Waals surface area contributed by atoms with E-state index in [1.165, 1.54) is 0 Å². The first kappa shape index (κ1) is 8.99. The molecule has 1 aliphatic heterocycles. The average Bonchev–Trinajstić information content (AvgIpc) is 2.49. The molecule has 4 heteroatoms. The molecular weight excluding hydrogens is 176 g/mol. The maximum Gasteiger partial charge on any atom is 0.115 e. The molecule has 0 fully saturated rings. The summed E-state index contributed by atoms with van der Waals surface area (Å²) in [5, 5.41) is 0. The van der Waals surface area contributed by atoms with Crippen LogP contribution < -0.4 is 4.90 Å². The molecule has 0 N–H and O–H groups in total. The van der Waals surface area contributed by atoms with Gasteiger partial charge in [0.1, 0.15) is 12.5 Å². The van der Waals surface area contributed by atoms with Crippen LogP contribution in [0, 0.1) is 6.92 Å². The van der Waals surface area contributed by atoms with Crippen molar-refractivity contribution in [3.05, 3.63) is 30.6 Å². The molecular formula is C10H14N4. The molecule has 1 unspecified atom stereocenters. The zero-order valence-electron chi connectivity index (χ0n) is 8.68. The Morgan fingerprint density at radius 1 is 1.36 bits per heavy atom. The lowest BCUT2D eigenvalue weighted by Gasteiger charge is -2.27. The van der Waals surface area contributed by atoms with E-state index in [4.69, 9.17) is 0 Å². The van der Waals surface area contributed by atoms with Crippen LogP contribution in [0.1, 0.15) is 12.6 Å². The molecule has 4 nitrogen and oxygen atoms in total. The highest BCUT2D eigenvalue weighted by Gasteiger charge is 2.21. The van der Waals surface area contributed by atoms with Gasteiger partial charge in [-0.05, 0) is 13.8 Å². The van der Waals surface area contributed by atoms with Gasteiger partial charge in [0, 0.05) is 19.4 Å². The molecule has 74 valence electrons. The third-order valence-corrected chi connectivity index (χ3v) is 2.62. The van der Waals surface area contributed by atoms with Crippen LogP contribution in [0.5, 0.6) is 0 Å². The Kier molecular flexibility index (Phi) is 2.11. The normalized spacial score (nSPS) is 20.6. The second-order valence-electron chi connectivity index (χ2n) is 3.50. The molecule has 1 aromatic heterocycles. The first-order chi connectivity index (χ1) is 6.70. The van der Waals surface area contributed by atoms with E-state index in [1.807, 2.05) is 13.1 Å². The topological polar surface area (TPSA) is 32.3 Å². The largest absolute Gasteiger partial charge is 0.359 e. The molecule has 2 rings (SSSR count). The van der Waals surface area contributed by atoms with E-state index in [-0.39, 0.29) is 0 Å². The number of nitrogens with zero attached hydrogens (tertiary/aromatic N) is 4. The maximum atomic E-state index is 4.18. The fraction of sp³-hybridized carbons (Fsp3) is 0.400. The average molecular weight is 190 g/mol. The molecule has 1 aromatic rings. The molecule has 0 aliphatic carbocycles. The molecule has 0 aromatic carbocycles. The fourth-order valence-electron chi connectivity index (χ4n) is 1.54. The fourth-order valence-corrected chi connectivity index (χ4v) is 1.54. The molecule has 1 atom stereocenters. The highest BCUT2D eigenvalue weighted by molar-refractivity contribution is 5.52.